The fourth-order valence-electron chi connectivity index (χ4n) is 1.47. The van der Waals surface area contributed by atoms with Gasteiger partial charge in [-0.3, -0.25) is 0 Å². The summed E-state index contributed by atoms with van der Waals surface area (Å²) >= 11 is 0. The van der Waals surface area contributed by atoms with Gasteiger partial charge < -0.3 is 4.79 Å². The SMILES string of the molecule is Cc1ccc(C(=O)[Si](C)(C)C)c(C)c1. The summed E-state index contributed by atoms with van der Waals surface area (Å²) in [5.41, 5.74) is 3.24. The number of carbonyl (C=O) groups excluding carboxylic acids is 1. The molecule has 1 aromatic rings. The highest BCUT2D eigenvalue weighted by Crippen LogP contribution is 2.16. The van der Waals surface area contributed by atoms with E-state index >= 15 is 0 Å². The van der Waals surface area contributed by atoms with Gasteiger partial charge in [-0.1, -0.05) is 43.4 Å². The van der Waals surface area contributed by atoms with E-state index in [0.29, 0.717) is 5.41 Å². The molecular formula is C12H18OSi. The Balaban J connectivity index is 3.15. The zero-order chi connectivity index (χ0) is 10.9. The van der Waals surface area contributed by atoms with Crippen LogP contribution in [-0.2, 0) is 0 Å². The van der Waals surface area contributed by atoms with Gasteiger partial charge in [0.05, 0.1) is 0 Å². The largest absolute Gasteiger partial charge is 0.300 e. The van der Waals surface area contributed by atoms with Crippen molar-refractivity contribution in [2.45, 2.75) is 33.5 Å². The standard InChI is InChI=1S/C12H18OSi/c1-9-6-7-11(10(2)8-9)12(13)14(3,4)5/h6-8H,1-5H3. The molecule has 76 valence electrons. The molecule has 0 aromatic heterocycles. The molecule has 1 aromatic carbocycles. The molecule has 1 nitrogen and oxygen atoms in total. The van der Waals surface area contributed by atoms with Gasteiger partial charge in [0.15, 0.2) is 0 Å². The second-order valence-corrected chi connectivity index (χ2v) is 9.85. The predicted octanol–water partition coefficient (Wildman–Crippen LogP) is 3.36. The summed E-state index contributed by atoms with van der Waals surface area (Å²) in [4.78, 5) is 12.1. The van der Waals surface area contributed by atoms with Crippen LogP contribution in [0.1, 0.15) is 21.5 Å². The molecule has 0 aliphatic carbocycles. The van der Waals surface area contributed by atoms with E-state index in [2.05, 4.69) is 32.6 Å². The van der Waals surface area contributed by atoms with Crippen LogP contribution in [0, 0.1) is 13.8 Å². The van der Waals surface area contributed by atoms with Crippen LogP contribution in [0.25, 0.3) is 0 Å². The van der Waals surface area contributed by atoms with Gasteiger partial charge in [-0.25, -0.2) is 0 Å². The molecule has 0 aliphatic rings. The summed E-state index contributed by atoms with van der Waals surface area (Å²) in [6.45, 7) is 10.3. The summed E-state index contributed by atoms with van der Waals surface area (Å²) in [5.74, 6) is 0. The van der Waals surface area contributed by atoms with Crippen LogP contribution in [0.4, 0.5) is 0 Å². The van der Waals surface area contributed by atoms with Crippen molar-refractivity contribution in [3.05, 3.63) is 34.9 Å². The van der Waals surface area contributed by atoms with Crippen molar-refractivity contribution in [2.24, 2.45) is 0 Å². The van der Waals surface area contributed by atoms with Crippen molar-refractivity contribution >= 4 is 13.5 Å². The number of carbonyl (C=O) groups is 1. The first-order chi connectivity index (χ1) is 6.32. The monoisotopic (exact) mass is 206 g/mol. The molecule has 0 aliphatic heterocycles. The third-order valence-electron chi connectivity index (χ3n) is 2.31. The summed E-state index contributed by atoms with van der Waals surface area (Å²) in [5, 5.41) is 0.356. The Labute approximate surface area is 87.2 Å². The molecule has 0 saturated carbocycles. The number of hydrogen-bond donors (Lipinski definition) is 0. The molecule has 0 atom stereocenters. The van der Waals surface area contributed by atoms with E-state index in [4.69, 9.17) is 0 Å². The Bertz CT molecular complexity index is 361. The highest BCUT2D eigenvalue weighted by Gasteiger charge is 2.26. The number of rotatable bonds is 2. The molecule has 0 saturated heterocycles. The van der Waals surface area contributed by atoms with Crippen LogP contribution in [0.5, 0.6) is 0 Å². The summed E-state index contributed by atoms with van der Waals surface area (Å²) in [6.07, 6.45) is 0. The third kappa shape index (κ3) is 2.32. The van der Waals surface area contributed by atoms with Gasteiger partial charge in [0.25, 0.3) is 0 Å². The fourth-order valence-corrected chi connectivity index (χ4v) is 2.56. The lowest BCUT2D eigenvalue weighted by Gasteiger charge is -2.16. The summed E-state index contributed by atoms with van der Waals surface area (Å²) < 4.78 is 0. The van der Waals surface area contributed by atoms with Gasteiger partial charge in [-0.15, -0.1) is 0 Å². The van der Waals surface area contributed by atoms with Gasteiger partial charge in [0, 0.05) is 5.56 Å². The number of hydrogen-bond acceptors (Lipinski definition) is 1. The van der Waals surface area contributed by atoms with Gasteiger partial charge in [-0.2, -0.15) is 0 Å². The van der Waals surface area contributed by atoms with Crippen LogP contribution in [0.3, 0.4) is 0 Å². The van der Waals surface area contributed by atoms with E-state index in [0.717, 1.165) is 11.1 Å². The van der Waals surface area contributed by atoms with Crippen molar-refractivity contribution in [3.63, 3.8) is 0 Å². The maximum absolute atomic E-state index is 12.1. The van der Waals surface area contributed by atoms with Gasteiger partial charge in [0.1, 0.15) is 13.5 Å². The molecule has 0 radical (unpaired) electrons. The first-order valence-corrected chi connectivity index (χ1v) is 8.44. The molecule has 0 spiro atoms. The minimum atomic E-state index is -1.69. The Kier molecular flexibility index (Phi) is 2.95. The quantitative estimate of drug-likeness (QED) is 0.678. The van der Waals surface area contributed by atoms with E-state index in [1.807, 2.05) is 19.1 Å². The molecule has 14 heavy (non-hydrogen) atoms. The minimum absolute atomic E-state index is 0.356. The molecule has 0 N–H and O–H groups in total. The first kappa shape index (κ1) is 11.2. The lowest BCUT2D eigenvalue weighted by atomic mass is 10.1. The van der Waals surface area contributed by atoms with Crippen LogP contribution in [0.2, 0.25) is 19.6 Å². The average molecular weight is 206 g/mol. The zero-order valence-electron chi connectivity index (χ0n) is 9.64. The molecule has 1 rings (SSSR count). The molecular weight excluding hydrogens is 188 g/mol. The molecule has 0 unspecified atom stereocenters. The molecule has 2 heteroatoms. The zero-order valence-corrected chi connectivity index (χ0v) is 10.6. The maximum atomic E-state index is 12.1. The lowest BCUT2D eigenvalue weighted by molar-refractivity contribution is 0.106. The van der Waals surface area contributed by atoms with Crippen LogP contribution < -0.4 is 0 Å². The average Bonchev–Trinajstić information content (AvgIpc) is 2.01. The van der Waals surface area contributed by atoms with Crippen LogP contribution in [0.15, 0.2) is 18.2 Å². The Hall–Kier alpha value is -0.893. The van der Waals surface area contributed by atoms with Crippen molar-refractivity contribution in [2.75, 3.05) is 0 Å². The topological polar surface area (TPSA) is 17.1 Å². The lowest BCUT2D eigenvalue weighted by Crippen LogP contribution is -2.33. The summed E-state index contributed by atoms with van der Waals surface area (Å²) in [7, 11) is -1.69. The number of benzene rings is 1. The predicted molar refractivity (Wildman–Crippen MR) is 63.6 cm³/mol. The highest BCUT2D eigenvalue weighted by molar-refractivity contribution is 7.05. The minimum Gasteiger partial charge on any atom is -0.300 e. The molecule has 0 amide bonds. The van der Waals surface area contributed by atoms with Crippen LogP contribution >= 0.6 is 0 Å². The molecule has 0 bridgehead atoms. The fraction of sp³-hybridized carbons (Fsp3) is 0.417. The first-order valence-electron chi connectivity index (χ1n) is 4.94. The Morgan fingerprint density at radius 1 is 1.14 bits per heavy atom. The Morgan fingerprint density at radius 3 is 2.14 bits per heavy atom. The van der Waals surface area contributed by atoms with Gasteiger partial charge >= 0.3 is 0 Å². The normalized spacial score (nSPS) is 11.5. The second kappa shape index (κ2) is 3.69. The van der Waals surface area contributed by atoms with E-state index in [1.165, 1.54) is 5.56 Å². The summed E-state index contributed by atoms with van der Waals surface area (Å²) in [6, 6.07) is 6.05. The van der Waals surface area contributed by atoms with Crippen molar-refractivity contribution in [1.82, 2.24) is 0 Å². The second-order valence-electron chi connectivity index (χ2n) is 4.90. The van der Waals surface area contributed by atoms with Crippen LogP contribution in [-0.4, -0.2) is 13.5 Å². The maximum Gasteiger partial charge on any atom is 0.140 e. The van der Waals surface area contributed by atoms with Gasteiger partial charge in [0.2, 0.25) is 0 Å². The van der Waals surface area contributed by atoms with E-state index in [-0.39, 0.29) is 0 Å². The van der Waals surface area contributed by atoms with Crippen molar-refractivity contribution in [1.29, 1.82) is 0 Å². The van der Waals surface area contributed by atoms with E-state index < -0.39 is 8.07 Å². The van der Waals surface area contributed by atoms with Crippen molar-refractivity contribution in [3.8, 4) is 0 Å². The van der Waals surface area contributed by atoms with E-state index in [1.54, 1.807) is 0 Å². The molecule has 0 heterocycles. The Morgan fingerprint density at radius 2 is 1.71 bits per heavy atom. The van der Waals surface area contributed by atoms with Crippen molar-refractivity contribution < 1.29 is 4.79 Å². The van der Waals surface area contributed by atoms with Gasteiger partial charge in [-0.05, 0) is 19.4 Å². The third-order valence-corrected chi connectivity index (χ3v) is 3.94. The smallest absolute Gasteiger partial charge is 0.140 e. The molecule has 0 fully saturated rings. The highest BCUT2D eigenvalue weighted by atomic mass is 28.3. The van der Waals surface area contributed by atoms with E-state index in [9.17, 15) is 4.79 Å². The number of aryl methyl sites for hydroxylation is 2.